The Morgan fingerprint density at radius 3 is 1.71 bits per heavy atom. The predicted octanol–water partition coefficient (Wildman–Crippen LogP) is 6.61. The molecule has 0 amide bonds. The number of halogens is 2. The van der Waals surface area contributed by atoms with Gasteiger partial charge in [0, 0.05) is 47.6 Å². The summed E-state index contributed by atoms with van der Waals surface area (Å²) in [4.78, 5) is 18.1. The molecule has 4 saturated heterocycles. The average molecular weight is 819 g/mol. The first-order valence-electron chi connectivity index (χ1n) is 14.5. The zero-order valence-corrected chi connectivity index (χ0v) is 27.8. The van der Waals surface area contributed by atoms with Crippen molar-refractivity contribution in [1.29, 1.82) is 0 Å². The number of rotatable bonds is 12. The molecule has 0 spiro atoms. The summed E-state index contributed by atoms with van der Waals surface area (Å²) >= 11 is 4.76. The van der Waals surface area contributed by atoms with Crippen molar-refractivity contribution in [2.45, 2.75) is 140 Å². The van der Waals surface area contributed by atoms with E-state index in [1.54, 1.807) is 0 Å². The summed E-state index contributed by atoms with van der Waals surface area (Å²) in [5.74, 6) is -0.187. The maximum atomic E-state index is 11.3. The van der Waals surface area contributed by atoms with Crippen LogP contribution in [0.1, 0.15) is 91.9 Å². The number of carbonyl (C=O) groups excluding carboxylic acids is 1. The van der Waals surface area contributed by atoms with E-state index in [-0.39, 0.29) is 75.3 Å². The highest BCUT2D eigenvalue weighted by atomic mass is 127. The molecule has 1 N–H and O–H groups in total. The van der Waals surface area contributed by atoms with E-state index in [9.17, 15) is 4.79 Å². The summed E-state index contributed by atoms with van der Waals surface area (Å²) in [5, 5.41) is 8.93. The van der Waals surface area contributed by atoms with E-state index in [0.717, 1.165) is 73.1 Å². The van der Waals surface area contributed by atoms with Gasteiger partial charge >= 0.3 is 5.97 Å². The molecule has 0 unspecified atom stereocenters. The number of alkyl halides is 2. The average Bonchev–Trinajstić information content (AvgIpc) is 3.55. The number of carbonyl (C=O) groups is 1. The molecule has 11 heteroatoms. The number of hydrogen-bond donors (Lipinski definition) is 1. The van der Waals surface area contributed by atoms with Crippen molar-refractivity contribution in [3.8, 4) is 0 Å². The molecule has 4 fully saturated rings. The van der Waals surface area contributed by atoms with Gasteiger partial charge < -0.3 is 38.5 Å². The summed E-state index contributed by atoms with van der Waals surface area (Å²) in [5.41, 5.74) is -0.377. The molecule has 42 heavy (non-hydrogen) atoms. The van der Waals surface area contributed by atoms with Crippen molar-refractivity contribution in [3.05, 3.63) is 22.8 Å². The second-order valence-electron chi connectivity index (χ2n) is 11.3. The van der Waals surface area contributed by atoms with Crippen LogP contribution in [0.2, 0.25) is 0 Å². The van der Waals surface area contributed by atoms with E-state index in [1.807, 2.05) is 0 Å². The van der Waals surface area contributed by atoms with Crippen molar-refractivity contribution < 1.29 is 33.6 Å². The zero-order valence-electron chi connectivity index (χ0n) is 23.5. The monoisotopic (exact) mass is 818 g/mol. The van der Waals surface area contributed by atoms with Crippen molar-refractivity contribution in [2.24, 2.45) is 0 Å². The van der Waals surface area contributed by atoms with Gasteiger partial charge in [-0.1, -0.05) is 60.0 Å². The number of esters is 1. The lowest BCUT2D eigenvalue weighted by molar-refractivity contribution is -0.152. The van der Waals surface area contributed by atoms with Crippen molar-refractivity contribution in [1.82, 2.24) is 0 Å². The number of nitrogens with zero attached hydrogens (tertiary/aromatic N) is 2. The quantitative estimate of drug-likeness (QED) is 0.103. The molecule has 4 aliphatic heterocycles. The Labute approximate surface area is 281 Å². The molecule has 9 nitrogen and oxygen atoms in total. The number of ether oxygens (including phenoxy) is 5. The van der Waals surface area contributed by atoms with Crippen LogP contribution in [0.4, 0.5) is 0 Å². The van der Waals surface area contributed by atoms with Gasteiger partial charge in [0.1, 0.15) is 11.2 Å². The molecular weight excluding hydrogens is 766 g/mol. The minimum absolute atomic E-state index is 0. The van der Waals surface area contributed by atoms with Crippen LogP contribution < -0.4 is 0 Å². The van der Waals surface area contributed by atoms with Crippen LogP contribution in [0, 0.1) is 13.1 Å². The molecule has 4 heterocycles. The smallest absolute Gasteiger partial charge is 0.305 e. The standard InChI is InChI=1S/C15H22INO4.C14H22INO3.2CH4/c1-17-8-7-11-3-5-13-15(10-16,21-11)9-12(20-13)4-6-14(18)19-2;1-16-7-6-11-4-5-13-14(10-15,19-11)9-12(18-13)3-2-8-17;;/h11-13H,3-10H2,2H3;11-13,17H,2-10H2;2*1H4/t11-,12+,13+,15-;11-,12+,13+,14-;;/m11../s1. The molecule has 4 aliphatic rings. The van der Waals surface area contributed by atoms with Crippen LogP contribution in [-0.4, -0.2) is 94.6 Å². The van der Waals surface area contributed by atoms with E-state index >= 15 is 0 Å². The Balaban J connectivity index is 0.000000403. The lowest BCUT2D eigenvalue weighted by Gasteiger charge is -2.40. The summed E-state index contributed by atoms with van der Waals surface area (Å²) in [6.07, 6.45) is 11.3. The molecule has 0 bridgehead atoms. The van der Waals surface area contributed by atoms with Crippen LogP contribution in [0.5, 0.6) is 0 Å². The third-order valence-corrected chi connectivity index (χ3v) is 11.1. The minimum Gasteiger partial charge on any atom is -0.469 e. The molecule has 0 aromatic heterocycles. The minimum atomic E-state index is -0.230. The van der Waals surface area contributed by atoms with Crippen molar-refractivity contribution in [3.63, 3.8) is 0 Å². The Kier molecular flexibility index (Phi) is 18.9. The SMILES string of the molecule is C.C.[C-]#[N+]CC[C@H]1CC[C@@H]2O[C@@H](CCC(=O)OC)C[C@]2(CI)O1.[C-]#[N+]CC[C@H]1CC[C@@H]2O[C@@H](CCCO)C[C@]2(CI)O1. The molecule has 0 aromatic rings. The molecule has 4 rings (SSSR count). The van der Waals surface area contributed by atoms with Gasteiger partial charge in [-0.3, -0.25) is 4.79 Å². The predicted molar refractivity (Wildman–Crippen MR) is 181 cm³/mol. The fourth-order valence-electron chi connectivity index (χ4n) is 6.42. The van der Waals surface area contributed by atoms with Gasteiger partial charge in [0.15, 0.2) is 0 Å². The highest BCUT2D eigenvalue weighted by Crippen LogP contribution is 2.45. The van der Waals surface area contributed by atoms with E-state index < -0.39 is 0 Å². The fourth-order valence-corrected chi connectivity index (χ4v) is 8.38. The van der Waals surface area contributed by atoms with Gasteiger partial charge in [-0.15, -0.1) is 0 Å². The largest absolute Gasteiger partial charge is 0.469 e. The Morgan fingerprint density at radius 2 is 1.31 bits per heavy atom. The van der Waals surface area contributed by atoms with E-state index in [4.69, 9.17) is 37.2 Å². The number of hydrogen-bond acceptors (Lipinski definition) is 7. The second kappa shape index (κ2) is 20.0. The zero-order chi connectivity index (χ0) is 29.0. The van der Waals surface area contributed by atoms with Crippen LogP contribution >= 0.6 is 45.2 Å². The molecule has 8 atom stereocenters. The fraction of sp³-hybridized carbons (Fsp3) is 0.903. The summed E-state index contributed by atoms with van der Waals surface area (Å²) in [7, 11) is 1.41. The van der Waals surface area contributed by atoms with Gasteiger partial charge in [0.2, 0.25) is 13.1 Å². The second-order valence-corrected chi connectivity index (χ2v) is 12.8. The van der Waals surface area contributed by atoms with Crippen LogP contribution in [0.25, 0.3) is 9.69 Å². The van der Waals surface area contributed by atoms with Gasteiger partial charge in [-0.25, -0.2) is 13.1 Å². The molecule has 242 valence electrons. The summed E-state index contributed by atoms with van der Waals surface area (Å²) in [6.45, 7) is 15.1. The van der Waals surface area contributed by atoms with Gasteiger partial charge in [-0.05, 0) is 44.9 Å². The third kappa shape index (κ3) is 10.7. The van der Waals surface area contributed by atoms with Crippen LogP contribution in [-0.2, 0) is 28.5 Å². The topological polar surface area (TPSA) is 92.2 Å². The Morgan fingerprint density at radius 1 is 0.833 bits per heavy atom. The molecular formula is C31H52I2N2O7. The van der Waals surface area contributed by atoms with Gasteiger partial charge in [0.25, 0.3) is 0 Å². The first-order valence-corrected chi connectivity index (χ1v) is 17.5. The van der Waals surface area contributed by atoms with Crippen molar-refractivity contribution >= 4 is 51.2 Å². The van der Waals surface area contributed by atoms with E-state index in [2.05, 4.69) is 59.6 Å². The van der Waals surface area contributed by atoms with Crippen molar-refractivity contribution in [2.75, 3.05) is 35.7 Å². The first kappa shape index (κ1) is 39.7. The Bertz CT molecular complexity index is 884. The lowest BCUT2D eigenvalue weighted by Crippen LogP contribution is -2.49. The molecule has 0 radical (unpaired) electrons. The molecule has 0 aromatic carbocycles. The number of fused-ring (bicyclic) bond motifs is 2. The molecule has 0 saturated carbocycles. The maximum Gasteiger partial charge on any atom is 0.305 e. The number of aliphatic hydroxyl groups is 1. The summed E-state index contributed by atoms with van der Waals surface area (Å²) in [6, 6.07) is 0. The Hall–Kier alpha value is -0.290. The van der Waals surface area contributed by atoms with Crippen LogP contribution in [0.15, 0.2) is 0 Å². The highest BCUT2D eigenvalue weighted by molar-refractivity contribution is 14.1. The van der Waals surface area contributed by atoms with Crippen LogP contribution in [0.3, 0.4) is 0 Å². The number of aliphatic hydroxyl groups excluding tert-OH is 1. The third-order valence-electron chi connectivity index (χ3n) is 8.50. The molecule has 0 aliphatic carbocycles. The highest BCUT2D eigenvalue weighted by Gasteiger charge is 2.53. The lowest BCUT2D eigenvalue weighted by atomic mass is 9.87. The number of methoxy groups -OCH3 is 1. The normalized spacial score (nSPS) is 34.6. The van der Waals surface area contributed by atoms with E-state index in [0.29, 0.717) is 25.9 Å². The first-order chi connectivity index (χ1) is 19.4. The van der Waals surface area contributed by atoms with Gasteiger partial charge in [-0.2, -0.15) is 0 Å². The van der Waals surface area contributed by atoms with E-state index in [1.165, 1.54) is 7.11 Å². The maximum absolute atomic E-state index is 11.3. The summed E-state index contributed by atoms with van der Waals surface area (Å²) < 4.78 is 31.4. The van der Waals surface area contributed by atoms with Gasteiger partial charge in [0.05, 0.1) is 43.7 Å².